The molecule has 0 saturated carbocycles. The Kier molecular flexibility index (Phi) is 2.53. The summed E-state index contributed by atoms with van der Waals surface area (Å²) in [5.74, 6) is 0. The molecule has 71 valence electrons. The molecule has 2 aromatic rings. The number of hydrogen-bond acceptors (Lipinski definition) is 0. The van der Waals surface area contributed by atoms with Gasteiger partial charge in [0, 0.05) is 0 Å². The minimum absolute atomic E-state index is 0.883. The molecule has 0 fully saturated rings. The zero-order valence-corrected chi connectivity index (χ0v) is 8.59. The van der Waals surface area contributed by atoms with Crippen molar-refractivity contribution in [1.29, 1.82) is 0 Å². The van der Waals surface area contributed by atoms with Crippen LogP contribution in [0.1, 0.15) is 18.1 Å². The Bertz CT molecular complexity index is 441. The largest absolute Gasteiger partial charge is 0.0616 e. The molecule has 0 aliphatic rings. The molecular formula is C14H15. The van der Waals surface area contributed by atoms with Crippen LogP contribution in [0, 0.1) is 6.92 Å². The van der Waals surface area contributed by atoms with E-state index >= 15 is 0 Å². The summed E-state index contributed by atoms with van der Waals surface area (Å²) in [4.78, 5) is 0. The van der Waals surface area contributed by atoms with Crippen molar-refractivity contribution >= 4 is 10.8 Å². The highest BCUT2D eigenvalue weighted by Gasteiger charge is 2.03. The van der Waals surface area contributed by atoms with Crippen LogP contribution in [0.5, 0.6) is 0 Å². The molecule has 0 spiro atoms. The molecule has 0 bridgehead atoms. The van der Waals surface area contributed by atoms with Crippen LogP contribution in [-0.4, -0.2) is 0 Å². The van der Waals surface area contributed by atoms with Crippen LogP contribution in [0.25, 0.3) is 10.8 Å². The minimum Gasteiger partial charge on any atom is -0.0616 e. The van der Waals surface area contributed by atoms with Gasteiger partial charge in [-0.2, -0.15) is 0 Å². The number of aryl methyl sites for hydroxylation is 1. The van der Waals surface area contributed by atoms with E-state index in [1.165, 1.54) is 21.9 Å². The molecule has 0 nitrogen and oxygen atoms in total. The van der Waals surface area contributed by atoms with Gasteiger partial charge in [-0.1, -0.05) is 43.3 Å². The monoisotopic (exact) mass is 183 g/mol. The van der Waals surface area contributed by atoms with Crippen LogP contribution in [-0.2, 0) is 12.8 Å². The molecule has 0 heterocycles. The zero-order chi connectivity index (χ0) is 9.97. The van der Waals surface area contributed by atoms with E-state index in [4.69, 9.17) is 0 Å². The molecule has 0 saturated heterocycles. The lowest BCUT2D eigenvalue weighted by molar-refractivity contribution is 1.10. The van der Waals surface area contributed by atoms with Crippen molar-refractivity contribution in [2.75, 3.05) is 0 Å². The van der Waals surface area contributed by atoms with Crippen molar-refractivity contribution in [3.05, 3.63) is 54.4 Å². The molecule has 2 aromatic carbocycles. The third-order valence-electron chi connectivity index (χ3n) is 2.76. The molecule has 0 amide bonds. The van der Waals surface area contributed by atoms with Gasteiger partial charge in [-0.25, -0.2) is 0 Å². The Labute approximate surface area is 85.6 Å². The number of hydrogen-bond donors (Lipinski definition) is 0. The smallest absolute Gasteiger partial charge is 0.0149 e. The number of fused-ring (bicyclic) bond motifs is 1. The van der Waals surface area contributed by atoms with Gasteiger partial charge < -0.3 is 0 Å². The van der Waals surface area contributed by atoms with E-state index in [0.29, 0.717) is 0 Å². The van der Waals surface area contributed by atoms with E-state index in [1.807, 2.05) is 0 Å². The van der Waals surface area contributed by atoms with Crippen LogP contribution in [0.2, 0.25) is 0 Å². The van der Waals surface area contributed by atoms with Crippen LogP contribution < -0.4 is 0 Å². The Morgan fingerprint density at radius 1 is 1.07 bits per heavy atom. The number of rotatable bonds is 2. The maximum atomic E-state index is 3.97. The van der Waals surface area contributed by atoms with Gasteiger partial charge in [-0.3, -0.25) is 0 Å². The van der Waals surface area contributed by atoms with Gasteiger partial charge >= 0.3 is 0 Å². The first kappa shape index (κ1) is 9.26. The van der Waals surface area contributed by atoms with Gasteiger partial charge in [-0.15, -0.1) is 0 Å². The Morgan fingerprint density at radius 3 is 2.57 bits per heavy atom. The first-order valence-corrected chi connectivity index (χ1v) is 5.15. The lowest BCUT2D eigenvalue weighted by Crippen LogP contribution is -1.92. The van der Waals surface area contributed by atoms with E-state index in [1.54, 1.807) is 0 Å². The fraction of sp³-hybridized carbons (Fsp3) is 0.214. The fourth-order valence-electron chi connectivity index (χ4n) is 2.03. The number of benzene rings is 2. The molecular weight excluding hydrogens is 168 g/mol. The quantitative estimate of drug-likeness (QED) is 0.664. The summed E-state index contributed by atoms with van der Waals surface area (Å²) in [6.07, 6.45) is 1.97. The second-order valence-electron chi connectivity index (χ2n) is 3.53. The van der Waals surface area contributed by atoms with E-state index in [0.717, 1.165) is 12.8 Å². The van der Waals surface area contributed by atoms with Crippen molar-refractivity contribution in [1.82, 2.24) is 0 Å². The predicted molar refractivity (Wildman–Crippen MR) is 62.4 cm³/mol. The summed E-state index contributed by atoms with van der Waals surface area (Å²) < 4.78 is 0. The average molecular weight is 183 g/mol. The first-order chi connectivity index (χ1) is 6.86. The molecule has 0 N–H and O–H groups in total. The van der Waals surface area contributed by atoms with Gasteiger partial charge in [0.2, 0.25) is 0 Å². The molecule has 14 heavy (non-hydrogen) atoms. The van der Waals surface area contributed by atoms with Gasteiger partial charge in [0.25, 0.3) is 0 Å². The van der Waals surface area contributed by atoms with Crippen molar-refractivity contribution in [3.63, 3.8) is 0 Å². The van der Waals surface area contributed by atoms with Crippen molar-refractivity contribution < 1.29 is 0 Å². The molecule has 0 aliphatic carbocycles. The van der Waals surface area contributed by atoms with Gasteiger partial charge in [0.05, 0.1) is 0 Å². The maximum Gasteiger partial charge on any atom is -0.0149 e. The van der Waals surface area contributed by atoms with E-state index < -0.39 is 0 Å². The van der Waals surface area contributed by atoms with Crippen LogP contribution in [0.3, 0.4) is 0 Å². The zero-order valence-electron chi connectivity index (χ0n) is 8.59. The van der Waals surface area contributed by atoms with Gasteiger partial charge in [0.15, 0.2) is 0 Å². The Hall–Kier alpha value is -1.30. The lowest BCUT2D eigenvalue weighted by atomic mass is 9.96. The second-order valence-corrected chi connectivity index (χ2v) is 3.53. The van der Waals surface area contributed by atoms with E-state index in [-0.39, 0.29) is 0 Å². The van der Waals surface area contributed by atoms with Crippen molar-refractivity contribution in [2.24, 2.45) is 0 Å². The molecule has 0 aliphatic heterocycles. The first-order valence-electron chi connectivity index (χ1n) is 5.15. The van der Waals surface area contributed by atoms with Crippen molar-refractivity contribution in [3.8, 4) is 0 Å². The van der Waals surface area contributed by atoms with Crippen LogP contribution >= 0.6 is 0 Å². The third kappa shape index (κ3) is 1.41. The summed E-state index contributed by atoms with van der Waals surface area (Å²) in [5.41, 5.74) is 2.84. The SMILES string of the molecule is [CH2]Cc1ccc2ccccc2c1CC. The highest BCUT2D eigenvalue weighted by atomic mass is 14.1. The van der Waals surface area contributed by atoms with Gasteiger partial charge in [-0.05, 0) is 41.7 Å². The molecule has 0 atom stereocenters. The highest BCUT2D eigenvalue weighted by molar-refractivity contribution is 5.86. The molecule has 0 heteroatoms. The van der Waals surface area contributed by atoms with Crippen LogP contribution in [0.15, 0.2) is 36.4 Å². The van der Waals surface area contributed by atoms with Crippen molar-refractivity contribution in [2.45, 2.75) is 19.8 Å². The maximum absolute atomic E-state index is 3.97. The third-order valence-corrected chi connectivity index (χ3v) is 2.76. The fourth-order valence-corrected chi connectivity index (χ4v) is 2.03. The Morgan fingerprint density at radius 2 is 1.86 bits per heavy atom. The van der Waals surface area contributed by atoms with E-state index in [9.17, 15) is 0 Å². The summed E-state index contributed by atoms with van der Waals surface area (Å²) in [6.45, 7) is 6.18. The van der Waals surface area contributed by atoms with E-state index in [2.05, 4.69) is 50.2 Å². The summed E-state index contributed by atoms with van der Waals surface area (Å²) in [7, 11) is 0. The normalized spacial score (nSPS) is 10.7. The summed E-state index contributed by atoms with van der Waals surface area (Å²) >= 11 is 0. The highest BCUT2D eigenvalue weighted by Crippen LogP contribution is 2.23. The lowest BCUT2D eigenvalue weighted by Gasteiger charge is -2.09. The minimum atomic E-state index is 0.883. The molecule has 1 radical (unpaired) electrons. The summed E-state index contributed by atoms with van der Waals surface area (Å²) in [5, 5.41) is 2.72. The molecule has 0 unspecified atom stereocenters. The van der Waals surface area contributed by atoms with Gasteiger partial charge in [0.1, 0.15) is 0 Å². The Balaban J connectivity index is 2.77. The average Bonchev–Trinajstić information content (AvgIpc) is 2.27. The molecule has 2 rings (SSSR count). The topological polar surface area (TPSA) is 0 Å². The second kappa shape index (κ2) is 3.83. The molecule has 0 aromatic heterocycles. The standard InChI is InChI=1S/C14H15/c1-3-11-9-10-12-7-5-6-8-14(12)13(11)4-2/h5-10H,1,3-4H2,2H3. The summed E-state index contributed by atoms with van der Waals surface area (Å²) in [6, 6.07) is 13.0. The predicted octanol–water partition coefficient (Wildman–Crippen LogP) is 3.78. The van der Waals surface area contributed by atoms with Crippen LogP contribution in [0.4, 0.5) is 0 Å².